The molecule has 2 fully saturated rings. The minimum Gasteiger partial charge on any atom is -0.229 e. The van der Waals surface area contributed by atoms with Gasteiger partial charge in [0.25, 0.3) is 10.2 Å². The zero-order chi connectivity index (χ0) is 15.0. The minimum atomic E-state index is -3.63. The first-order valence-electron chi connectivity index (χ1n) is 6.83. The van der Waals surface area contributed by atoms with Crippen molar-refractivity contribution in [3.63, 3.8) is 0 Å². The average molecular weight is 345 g/mol. The number of rotatable bonds is 3. The van der Waals surface area contributed by atoms with Crippen LogP contribution in [0, 0.1) is 0 Å². The van der Waals surface area contributed by atoms with Crippen LogP contribution in [0.25, 0.3) is 0 Å². The number of alkyl halides is 1. The molecular formula is C11H21ClN2O4S2. The molecule has 0 aromatic rings. The van der Waals surface area contributed by atoms with Crippen LogP contribution in [-0.4, -0.2) is 68.0 Å². The van der Waals surface area contributed by atoms with Gasteiger partial charge in [-0.3, -0.25) is 0 Å². The van der Waals surface area contributed by atoms with Crippen molar-refractivity contribution in [1.82, 2.24) is 8.61 Å². The lowest BCUT2D eigenvalue weighted by Gasteiger charge is -2.40. The number of sulfone groups is 1. The van der Waals surface area contributed by atoms with Crippen LogP contribution >= 0.6 is 11.6 Å². The van der Waals surface area contributed by atoms with Crippen molar-refractivity contribution in [2.24, 2.45) is 0 Å². The van der Waals surface area contributed by atoms with Crippen molar-refractivity contribution in [2.45, 2.75) is 38.3 Å². The Hall–Kier alpha value is 0.110. The number of halogens is 1. The Bertz CT molecular complexity index is 549. The molecule has 6 nitrogen and oxygen atoms in total. The highest BCUT2D eigenvalue weighted by Gasteiger charge is 2.41. The van der Waals surface area contributed by atoms with E-state index >= 15 is 0 Å². The Morgan fingerprint density at radius 2 is 1.90 bits per heavy atom. The molecule has 0 bridgehead atoms. The summed E-state index contributed by atoms with van der Waals surface area (Å²) in [5.74, 6) is 0.0707. The van der Waals surface area contributed by atoms with Crippen LogP contribution in [0.1, 0.15) is 26.2 Å². The Morgan fingerprint density at radius 3 is 2.50 bits per heavy atom. The zero-order valence-electron chi connectivity index (χ0n) is 11.5. The molecule has 0 N–H and O–H groups in total. The number of nitrogens with zero attached hydrogens (tertiary/aromatic N) is 2. The maximum atomic E-state index is 12.7. The van der Waals surface area contributed by atoms with Gasteiger partial charge in [0.2, 0.25) is 0 Å². The number of hydrogen-bond acceptors (Lipinski definition) is 4. The lowest BCUT2D eigenvalue weighted by Crippen LogP contribution is -2.57. The molecule has 2 aliphatic rings. The summed E-state index contributed by atoms with van der Waals surface area (Å²) in [7, 11) is -6.75. The van der Waals surface area contributed by atoms with E-state index in [1.54, 1.807) is 6.92 Å². The van der Waals surface area contributed by atoms with Gasteiger partial charge in [-0.05, 0) is 19.8 Å². The molecule has 0 aromatic heterocycles. The summed E-state index contributed by atoms with van der Waals surface area (Å²) in [6, 6.07) is -0.696. The number of piperidine rings is 1. The molecule has 0 aromatic carbocycles. The first kappa shape index (κ1) is 16.5. The first-order chi connectivity index (χ1) is 9.28. The molecule has 0 amide bonds. The predicted molar refractivity (Wildman–Crippen MR) is 78.8 cm³/mol. The van der Waals surface area contributed by atoms with E-state index in [4.69, 9.17) is 11.6 Å². The Morgan fingerprint density at radius 1 is 1.20 bits per heavy atom. The second-order valence-corrected chi connectivity index (χ2v) is 9.87. The fraction of sp³-hybridized carbons (Fsp3) is 1.00. The normalized spacial score (nSPS) is 33.1. The first-order valence-corrected chi connectivity index (χ1v) is 10.6. The molecule has 0 aliphatic carbocycles. The van der Waals surface area contributed by atoms with Crippen molar-refractivity contribution in [3.8, 4) is 0 Å². The summed E-state index contributed by atoms with van der Waals surface area (Å²) < 4.78 is 51.4. The fourth-order valence-electron chi connectivity index (χ4n) is 2.89. The lowest BCUT2D eigenvalue weighted by atomic mass is 10.1. The second kappa shape index (κ2) is 6.08. The fourth-order valence-corrected chi connectivity index (χ4v) is 7.10. The Balaban J connectivity index is 2.21. The minimum absolute atomic E-state index is 0.0390. The van der Waals surface area contributed by atoms with E-state index in [0.29, 0.717) is 6.54 Å². The van der Waals surface area contributed by atoms with E-state index in [-0.39, 0.29) is 30.0 Å². The molecular weight excluding hydrogens is 324 g/mol. The molecule has 2 atom stereocenters. The summed E-state index contributed by atoms with van der Waals surface area (Å²) in [5.41, 5.74) is 0. The van der Waals surface area contributed by atoms with E-state index in [9.17, 15) is 16.8 Å². The van der Waals surface area contributed by atoms with E-state index in [1.165, 1.54) is 8.61 Å². The molecule has 2 unspecified atom stereocenters. The molecule has 0 spiro atoms. The monoisotopic (exact) mass is 344 g/mol. The van der Waals surface area contributed by atoms with Gasteiger partial charge in [-0.25, -0.2) is 8.42 Å². The van der Waals surface area contributed by atoms with Crippen molar-refractivity contribution >= 4 is 31.6 Å². The van der Waals surface area contributed by atoms with Gasteiger partial charge in [-0.1, -0.05) is 6.42 Å². The maximum Gasteiger partial charge on any atom is 0.282 e. The van der Waals surface area contributed by atoms with Crippen LogP contribution in [0.3, 0.4) is 0 Å². The molecule has 0 saturated carbocycles. The average Bonchev–Trinajstić information content (AvgIpc) is 2.37. The highest BCUT2D eigenvalue weighted by molar-refractivity contribution is 7.91. The quantitative estimate of drug-likeness (QED) is 0.696. The molecule has 2 saturated heterocycles. The van der Waals surface area contributed by atoms with Gasteiger partial charge in [0, 0.05) is 31.1 Å². The smallest absolute Gasteiger partial charge is 0.229 e. The Labute approximate surface area is 126 Å². The third-order valence-corrected chi connectivity index (χ3v) is 8.31. The van der Waals surface area contributed by atoms with Crippen LogP contribution in [-0.2, 0) is 20.0 Å². The van der Waals surface area contributed by atoms with Gasteiger partial charge in [-0.15, -0.1) is 11.6 Å². The van der Waals surface area contributed by atoms with E-state index in [1.807, 2.05) is 0 Å². The Kier molecular flexibility index (Phi) is 5.01. The van der Waals surface area contributed by atoms with Gasteiger partial charge < -0.3 is 0 Å². The van der Waals surface area contributed by atoms with Crippen LogP contribution in [0.4, 0.5) is 0 Å². The summed E-state index contributed by atoms with van der Waals surface area (Å²) in [4.78, 5) is 0. The molecule has 20 heavy (non-hydrogen) atoms. The predicted octanol–water partition coefficient (Wildman–Crippen LogP) is 0.443. The molecule has 2 aliphatic heterocycles. The van der Waals surface area contributed by atoms with Gasteiger partial charge in [-0.2, -0.15) is 17.0 Å². The van der Waals surface area contributed by atoms with Crippen LogP contribution in [0.15, 0.2) is 0 Å². The van der Waals surface area contributed by atoms with E-state index in [0.717, 1.165) is 19.3 Å². The third kappa shape index (κ3) is 3.30. The van der Waals surface area contributed by atoms with Gasteiger partial charge in [0.05, 0.1) is 11.5 Å². The second-order valence-electron chi connectivity index (χ2n) is 5.50. The molecule has 9 heteroatoms. The van der Waals surface area contributed by atoms with Crippen LogP contribution in [0.2, 0.25) is 0 Å². The highest BCUT2D eigenvalue weighted by atomic mass is 35.5. The van der Waals surface area contributed by atoms with Gasteiger partial charge in [0.15, 0.2) is 9.84 Å². The van der Waals surface area contributed by atoms with Crippen molar-refractivity contribution in [2.75, 3.05) is 30.5 Å². The number of hydrogen-bond donors (Lipinski definition) is 0. The summed E-state index contributed by atoms with van der Waals surface area (Å²) >= 11 is 5.88. The van der Waals surface area contributed by atoms with Crippen molar-refractivity contribution in [3.05, 3.63) is 0 Å². The summed E-state index contributed by atoms with van der Waals surface area (Å²) in [6.45, 7) is 2.15. The lowest BCUT2D eigenvalue weighted by molar-refractivity contribution is 0.237. The highest BCUT2D eigenvalue weighted by Crippen LogP contribution is 2.26. The standard InChI is InChI=1S/C11H21ClN2O4S2/c1-10-9-19(15,16)7-6-13(10)20(17,18)14-5-3-2-4-11(14)8-12/h10-11H,2-9H2,1H3. The largest absolute Gasteiger partial charge is 0.282 e. The summed E-state index contributed by atoms with van der Waals surface area (Å²) in [5, 5.41) is 0. The molecule has 2 rings (SSSR count). The molecule has 2 heterocycles. The maximum absolute atomic E-state index is 12.7. The van der Waals surface area contributed by atoms with Crippen molar-refractivity contribution < 1.29 is 16.8 Å². The van der Waals surface area contributed by atoms with E-state index < -0.39 is 26.1 Å². The molecule has 0 radical (unpaired) electrons. The van der Waals surface area contributed by atoms with Gasteiger partial charge >= 0.3 is 0 Å². The van der Waals surface area contributed by atoms with Crippen molar-refractivity contribution in [1.29, 1.82) is 0 Å². The molecule has 118 valence electrons. The topological polar surface area (TPSA) is 74.8 Å². The zero-order valence-corrected chi connectivity index (χ0v) is 13.9. The SMILES string of the molecule is CC1CS(=O)(=O)CCN1S(=O)(=O)N1CCCCC1CCl. The van der Waals surface area contributed by atoms with E-state index in [2.05, 4.69) is 0 Å². The van der Waals surface area contributed by atoms with Crippen LogP contribution in [0.5, 0.6) is 0 Å². The summed E-state index contributed by atoms with van der Waals surface area (Å²) in [6.07, 6.45) is 2.57. The third-order valence-electron chi connectivity index (χ3n) is 3.95. The van der Waals surface area contributed by atoms with Crippen LogP contribution < -0.4 is 0 Å². The van der Waals surface area contributed by atoms with Gasteiger partial charge in [0.1, 0.15) is 0 Å².